The van der Waals surface area contributed by atoms with Crippen molar-refractivity contribution in [3.8, 4) is 17.1 Å². The molecule has 26 heavy (non-hydrogen) atoms. The zero-order chi connectivity index (χ0) is 17.9. The third-order valence-electron chi connectivity index (χ3n) is 3.94. The number of fused-ring (bicyclic) bond motifs is 3. The van der Waals surface area contributed by atoms with Crippen molar-refractivity contribution in [1.82, 2.24) is 15.2 Å². The summed E-state index contributed by atoms with van der Waals surface area (Å²) in [6, 6.07) is 15.5. The highest BCUT2D eigenvalue weighted by Gasteiger charge is 2.25. The summed E-state index contributed by atoms with van der Waals surface area (Å²) in [7, 11) is 0. The summed E-state index contributed by atoms with van der Waals surface area (Å²) in [5.74, 6) is 1.42. The van der Waals surface area contributed by atoms with Crippen LogP contribution < -0.4 is 10.1 Å². The minimum Gasteiger partial charge on any atom is -0.448 e. The molecule has 4 rings (SSSR count). The lowest BCUT2D eigenvalue weighted by atomic mass is 10.1. The maximum atomic E-state index is 6.20. The first kappa shape index (κ1) is 17.1. The SMILES string of the molecule is CCCSc1nnc2c(n1)OC(c1ccc(Cl)cc1)Nc1ccccc1-2. The summed E-state index contributed by atoms with van der Waals surface area (Å²) in [4.78, 5) is 4.60. The van der Waals surface area contributed by atoms with Crippen LogP contribution in [-0.4, -0.2) is 20.9 Å². The predicted octanol–water partition coefficient (Wildman–Crippen LogP) is 5.20. The van der Waals surface area contributed by atoms with Gasteiger partial charge in [0, 0.05) is 27.6 Å². The predicted molar refractivity (Wildman–Crippen MR) is 105 cm³/mol. The third-order valence-corrected chi connectivity index (χ3v) is 5.24. The number of rotatable bonds is 4. The number of ether oxygens (including phenoxy) is 1. The molecule has 0 fully saturated rings. The summed E-state index contributed by atoms with van der Waals surface area (Å²) in [5.41, 5.74) is 3.45. The summed E-state index contributed by atoms with van der Waals surface area (Å²) < 4.78 is 6.20. The van der Waals surface area contributed by atoms with E-state index in [0.29, 0.717) is 21.8 Å². The average Bonchev–Trinajstić information content (AvgIpc) is 2.83. The van der Waals surface area contributed by atoms with Crippen molar-refractivity contribution in [3.63, 3.8) is 0 Å². The van der Waals surface area contributed by atoms with Gasteiger partial charge in [0.1, 0.15) is 0 Å². The fourth-order valence-corrected chi connectivity index (χ4v) is 3.45. The van der Waals surface area contributed by atoms with Gasteiger partial charge < -0.3 is 10.1 Å². The van der Waals surface area contributed by atoms with E-state index in [0.717, 1.165) is 29.0 Å². The molecule has 1 atom stereocenters. The van der Waals surface area contributed by atoms with Crippen molar-refractivity contribution in [2.24, 2.45) is 0 Å². The lowest BCUT2D eigenvalue weighted by Crippen LogP contribution is -2.17. The van der Waals surface area contributed by atoms with E-state index >= 15 is 0 Å². The minimum absolute atomic E-state index is 0.393. The van der Waals surface area contributed by atoms with Gasteiger partial charge in [0.25, 0.3) is 0 Å². The first-order chi connectivity index (χ1) is 12.7. The van der Waals surface area contributed by atoms with Gasteiger partial charge in [-0.15, -0.1) is 10.2 Å². The van der Waals surface area contributed by atoms with E-state index in [1.54, 1.807) is 11.8 Å². The van der Waals surface area contributed by atoms with Crippen molar-refractivity contribution in [3.05, 3.63) is 59.1 Å². The van der Waals surface area contributed by atoms with Crippen LogP contribution in [0.5, 0.6) is 5.88 Å². The molecule has 1 unspecified atom stereocenters. The minimum atomic E-state index is -0.393. The lowest BCUT2D eigenvalue weighted by molar-refractivity contribution is 0.225. The fourth-order valence-electron chi connectivity index (χ4n) is 2.69. The summed E-state index contributed by atoms with van der Waals surface area (Å²) in [6.07, 6.45) is 0.652. The molecule has 1 aliphatic heterocycles. The molecule has 1 aromatic heterocycles. The summed E-state index contributed by atoms with van der Waals surface area (Å²) in [6.45, 7) is 2.12. The Bertz CT molecular complexity index is 920. The highest BCUT2D eigenvalue weighted by Crippen LogP contribution is 2.39. The van der Waals surface area contributed by atoms with Crippen molar-refractivity contribution in [2.45, 2.75) is 24.7 Å². The number of nitrogens with one attached hydrogen (secondary N) is 1. The van der Waals surface area contributed by atoms with E-state index in [1.807, 2.05) is 48.5 Å². The number of para-hydroxylation sites is 1. The molecule has 2 heterocycles. The molecule has 1 N–H and O–H groups in total. The Hall–Kier alpha value is -2.31. The molecule has 5 nitrogen and oxygen atoms in total. The van der Waals surface area contributed by atoms with Crippen LogP contribution in [-0.2, 0) is 0 Å². The van der Waals surface area contributed by atoms with Crippen LogP contribution >= 0.6 is 23.4 Å². The second kappa shape index (κ2) is 7.51. The van der Waals surface area contributed by atoms with Gasteiger partial charge in [-0.05, 0) is 24.6 Å². The topological polar surface area (TPSA) is 59.9 Å². The Morgan fingerprint density at radius 2 is 1.92 bits per heavy atom. The van der Waals surface area contributed by atoms with Gasteiger partial charge in [-0.1, -0.05) is 60.6 Å². The number of thioether (sulfide) groups is 1. The first-order valence-electron chi connectivity index (χ1n) is 8.40. The van der Waals surface area contributed by atoms with Crippen LogP contribution in [0.4, 0.5) is 5.69 Å². The van der Waals surface area contributed by atoms with Crippen LogP contribution in [0.25, 0.3) is 11.3 Å². The van der Waals surface area contributed by atoms with Crippen LogP contribution in [0, 0.1) is 0 Å². The Balaban J connectivity index is 1.78. The number of nitrogens with zero attached hydrogens (tertiary/aromatic N) is 3. The van der Waals surface area contributed by atoms with E-state index in [-0.39, 0.29) is 0 Å². The van der Waals surface area contributed by atoms with Crippen LogP contribution in [0.2, 0.25) is 5.02 Å². The molecule has 132 valence electrons. The molecule has 0 spiro atoms. The number of halogens is 1. The molecule has 2 aromatic carbocycles. The van der Waals surface area contributed by atoms with E-state index in [1.165, 1.54) is 0 Å². The number of hydrogen-bond acceptors (Lipinski definition) is 6. The van der Waals surface area contributed by atoms with E-state index in [4.69, 9.17) is 16.3 Å². The monoisotopic (exact) mass is 384 g/mol. The smallest absolute Gasteiger partial charge is 0.247 e. The molecule has 7 heteroatoms. The molecular formula is C19H17ClN4OS. The Morgan fingerprint density at radius 1 is 1.12 bits per heavy atom. The van der Waals surface area contributed by atoms with Gasteiger partial charge in [-0.3, -0.25) is 0 Å². The van der Waals surface area contributed by atoms with Crippen molar-refractivity contribution >= 4 is 29.1 Å². The largest absolute Gasteiger partial charge is 0.448 e. The quantitative estimate of drug-likeness (QED) is 0.624. The Morgan fingerprint density at radius 3 is 2.73 bits per heavy atom. The van der Waals surface area contributed by atoms with Crippen LogP contribution in [0.3, 0.4) is 0 Å². The maximum absolute atomic E-state index is 6.20. The van der Waals surface area contributed by atoms with Crippen LogP contribution in [0.1, 0.15) is 25.1 Å². The average molecular weight is 385 g/mol. The fraction of sp³-hybridized carbons (Fsp3) is 0.211. The second-order valence-electron chi connectivity index (χ2n) is 5.84. The highest BCUT2D eigenvalue weighted by atomic mass is 35.5. The number of anilines is 1. The molecule has 0 amide bonds. The number of aromatic nitrogens is 3. The molecular weight excluding hydrogens is 368 g/mol. The number of benzene rings is 2. The summed E-state index contributed by atoms with van der Waals surface area (Å²) >= 11 is 7.60. The van der Waals surface area contributed by atoms with Gasteiger partial charge in [-0.2, -0.15) is 4.98 Å². The van der Waals surface area contributed by atoms with Crippen molar-refractivity contribution in [2.75, 3.05) is 11.1 Å². The van der Waals surface area contributed by atoms with Gasteiger partial charge in [0.2, 0.25) is 11.0 Å². The molecule has 0 radical (unpaired) electrons. The van der Waals surface area contributed by atoms with Crippen molar-refractivity contribution < 1.29 is 4.74 Å². The Kier molecular flexibility index (Phi) is 4.95. The third kappa shape index (κ3) is 3.48. The van der Waals surface area contributed by atoms with E-state index in [9.17, 15) is 0 Å². The highest BCUT2D eigenvalue weighted by molar-refractivity contribution is 7.99. The first-order valence-corrected chi connectivity index (χ1v) is 9.76. The molecule has 3 aromatic rings. The molecule has 1 aliphatic rings. The zero-order valence-electron chi connectivity index (χ0n) is 14.1. The molecule has 0 saturated heterocycles. The maximum Gasteiger partial charge on any atom is 0.247 e. The van der Waals surface area contributed by atoms with Crippen LogP contribution in [0.15, 0.2) is 53.7 Å². The van der Waals surface area contributed by atoms with Gasteiger partial charge >= 0.3 is 0 Å². The van der Waals surface area contributed by atoms with Gasteiger partial charge in [0.15, 0.2) is 11.9 Å². The van der Waals surface area contributed by atoms with Gasteiger partial charge in [-0.25, -0.2) is 0 Å². The zero-order valence-corrected chi connectivity index (χ0v) is 15.7. The molecule has 0 aliphatic carbocycles. The Labute approximate surface area is 161 Å². The normalized spacial score (nSPS) is 15.2. The second-order valence-corrected chi connectivity index (χ2v) is 7.33. The molecule has 0 bridgehead atoms. The van der Waals surface area contributed by atoms with E-state index in [2.05, 4.69) is 27.4 Å². The number of hydrogen-bond donors (Lipinski definition) is 1. The van der Waals surface area contributed by atoms with E-state index < -0.39 is 6.23 Å². The van der Waals surface area contributed by atoms with Crippen molar-refractivity contribution in [1.29, 1.82) is 0 Å². The molecule has 0 saturated carbocycles. The lowest BCUT2D eigenvalue weighted by Gasteiger charge is -2.19. The standard InChI is InChI=1S/C19H17ClN4OS/c1-2-11-26-19-22-18-16(23-24-19)14-5-3-4-6-15(14)21-17(25-18)12-7-9-13(20)10-8-12/h3-10,17,21H,2,11H2,1H3. The van der Waals surface area contributed by atoms with Gasteiger partial charge in [0.05, 0.1) is 0 Å². The summed E-state index contributed by atoms with van der Waals surface area (Å²) in [5, 5.41) is 13.4.